The molecule has 1 aromatic rings. The molecule has 0 bridgehead atoms. The molecular formula is C14H20ClFN2. The van der Waals surface area contributed by atoms with Crippen LogP contribution in [0.5, 0.6) is 0 Å². The van der Waals surface area contributed by atoms with Crippen LogP contribution in [-0.2, 0) is 6.54 Å². The highest BCUT2D eigenvalue weighted by molar-refractivity contribution is 5.85. The fraction of sp³-hybridized carbons (Fsp3) is 0.571. The summed E-state index contributed by atoms with van der Waals surface area (Å²) in [5, 5.41) is 3.45. The first-order chi connectivity index (χ1) is 8.22. The van der Waals surface area contributed by atoms with Crippen molar-refractivity contribution in [1.29, 1.82) is 0 Å². The summed E-state index contributed by atoms with van der Waals surface area (Å²) in [6.45, 7) is 7.52. The Balaban J connectivity index is 0.00000120. The van der Waals surface area contributed by atoms with E-state index in [0.29, 0.717) is 0 Å². The van der Waals surface area contributed by atoms with E-state index < -0.39 is 0 Å². The quantitative estimate of drug-likeness (QED) is 0.886. The van der Waals surface area contributed by atoms with E-state index in [9.17, 15) is 4.39 Å². The van der Waals surface area contributed by atoms with Crippen molar-refractivity contribution in [3.05, 3.63) is 35.1 Å². The van der Waals surface area contributed by atoms with Gasteiger partial charge in [0.1, 0.15) is 5.82 Å². The summed E-state index contributed by atoms with van der Waals surface area (Å²) in [4.78, 5) is 2.50. The zero-order valence-corrected chi connectivity index (χ0v) is 11.5. The number of fused-ring (bicyclic) bond motifs is 1. The number of nitrogens with one attached hydrogen (secondary N) is 1. The molecule has 0 saturated carbocycles. The highest BCUT2D eigenvalue weighted by atomic mass is 35.5. The van der Waals surface area contributed by atoms with Crippen molar-refractivity contribution >= 4 is 12.4 Å². The van der Waals surface area contributed by atoms with E-state index in [1.807, 2.05) is 19.1 Å². The van der Waals surface area contributed by atoms with Crippen LogP contribution in [0.25, 0.3) is 0 Å². The fourth-order valence-electron chi connectivity index (χ4n) is 3.14. The minimum absolute atomic E-state index is 0. The molecule has 0 unspecified atom stereocenters. The summed E-state index contributed by atoms with van der Waals surface area (Å²) in [5.41, 5.74) is 1.99. The number of benzene rings is 1. The predicted octanol–water partition coefficient (Wildman–Crippen LogP) is 2.21. The van der Waals surface area contributed by atoms with E-state index in [0.717, 1.165) is 23.9 Å². The Bertz CT molecular complexity index is 412. The molecule has 0 radical (unpaired) electrons. The van der Waals surface area contributed by atoms with Crippen molar-refractivity contribution in [3.63, 3.8) is 0 Å². The molecule has 0 amide bonds. The highest BCUT2D eigenvalue weighted by Gasteiger charge is 2.35. The molecule has 2 atom stereocenters. The van der Waals surface area contributed by atoms with E-state index in [2.05, 4.69) is 10.2 Å². The molecule has 100 valence electrons. The molecule has 3 rings (SSSR count). The lowest BCUT2D eigenvalue weighted by Crippen LogP contribution is -2.25. The van der Waals surface area contributed by atoms with Crippen LogP contribution in [-0.4, -0.2) is 31.1 Å². The Kier molecular flexibility index (Phi) is 4.25. The summed E-state index contributed by atoms with van der Waals surface area (Å²) < 4.78 is 13.2. The second-order valence-electron chi connectivity index (χ2n) is 5.46. The summed E-state index contributed by atoms with van der Waals surface area (Å²) in [7, 11) is 0. The smallest absolute Gasteiger partial charge is 0.126 e. The largest absolute Gasteiger partial charge is 0.316 e. The van der Waals surface area contributed by atoms with Gasteiger partial charge in [-0.05, 0) is 49.0 Å². The molecule has 0 aromatic heterocycles. The second kappa shape index (κ2) is 5.55. The van der Waals surface area contributed by atoms with Gasteiger partial charge in [-0.25, -0.2) is 4.39 Å². The zero-order valence-electron chi connectivity index (χ0n) is 10.7. The van der Waals surface area contributed by atoms with Crippen LogP contribution < -0.4 is 5.32 Å². The fourth-order valence-corrected chi connectivity index (χ4v) is 3.14. The minimum Gasteiger partial charge on any atom is -0.316 e. The van der Waals surface area contributed by atoms with Crippen LogP contribution >= 0.6 is 12.4 Å². The van der Waals surface area contributed by atoms with E-state index in [4.69, 9.17) is 0 Å². The molecule has 1 aromatic carbocycles. The molecule has 0 spiro atoms. The maximum Gasteiger partial charge on any atom is 0.126 e. The Morgan fingerprint density at radius 3 is 2.56 bits per heavy atom. The van der Waals surface area contributed by atoms with E-state index in [1.54, 1.807) is 6.07 Å². The Hall–Kier alpha value is -0.640. The van der Waals surface area contributed by atoms with Crippen molar-refractivity contribution in [2.24, 2.45) is 11.8 Å². The molecule has 2 aliphatic heterocycles. The number of hydrogen-bond acceptors (Lipinski definition) is 2. The van der Waals surface area contributed by atoms with Gasteiger partial charge < -0.3 is 5.32 Å². The lowest BCUT2D eigenvalue weighted by Gasteiger charge is -2.17. The van der Waals surface area contributed by atoms with Crippen LogP contribution in [0.2, 0.25) is 0 Å². The number of aryl methyl sites for hydroxylation is 1. The maximum absolute atomic E-state index is 13.2. The van der Waals surface area contributed by atoms with Crippen LogP contribution in [0.15, 0.2) is 18.2 Å². The first-order valence-electron chi connectivity index (χ1n) is 6.40. The lowest BCUT2D eigenvalue weighted by atomic mass is 10.0. The molecule has 18 heavy (non-hydrogen) atoms. The van der Waals surface area contributed by atoms with E-state index >= 15 is 0 Å². The standard InChI is InChI=1S/C14H19FN2.ClH/c1-10-4-11(2-3-14(10)15)7-17-8-12-5-16-6-13(12)9-17;/h2-4,12-13,16H,5-9H2,1H3;1H/t12-,13+;. The Morgan fingerprint density at radius 1 is 1.28 bits per heavy atom. The first kappa shape index (κ1) is 13.8. The van der Waals surface area contributed by atoms with Crippen LogP contribution in [0.4, 0.5) is 4.39 Å². The topological polar surface area (TPSA) is 15.3 Å². The third kappa shape index (κ3) is 2.68. The molecule has 2 aliphatic rings. The molecule has 2 saturated heterocycles. The zero-order chi connectivity index (χ0) is 11.8. The van der Waals surface area contributed by atoms with Gasteiger partial charge in [-0.15, -0.1) is 12.4 Å². The van der Waals surface area contributed by atoms with Gasteiger partial charge in [-0.1, -0.05) is 12.1 Å². The summed E-state index contributed by atoms with van der Waals surface area (Å²) >= 11 is 0. The number of nitrogens with zero attached hydrogens (tertiary/aromatic N) is 1. The van der Waals surface area contributed by atoms with Crippen molar-refractivity contribution in [2.75, 3.05) is 26.2 Å². The Morgan fingerprint density at radius 2 is 1.94 bits per heavy atom. The maximum atomic E-state index is 13.2. The molecular weight excluding hydrogens is 251 g/mol. The van der Waals surface area contributed by atoms with Gasteiger partial charge in [-0.2, -0.15) is 0 Å². The van der Waals surface area contributed by atoms with Crippen LogP contribution in [0.3, 0.4) is 0 Å². The average Bonchev–Trinajstić information content (AvgIpc) is 2.84. The summed E-state index contributed by atoms with van der Waals surface area (Å²) in [6, 6.07) is 5.47. The van der Waals surface area contributed by atoms with Crippen LogP contribution in [0, 0.1) is 24.6 Å². The first-order valence-corrected chi connectivity index (χ1v) is 6.40. The van der Waals surface area contributed by atoms with Gasteiger partial charge in [0, 0.05) is 19.6 Å². The highest BCUT2D eigenvalue weighted by Crippen LogP contribution is 2.27. The number of rotatable bonds is 2. The van der Waals surface area contributed by atoms with Gasteiger partial charge >= 0.3 is 0 Å². The molecule has 2 heterocycles. The van der Waals surface area contributed by atoms with E-state index in [-0.39, 0.29) is 18.2 Å². The van der Waals surface area contributed by atoms with Crippen molar-refractivity contribution in [1.82, 2.24) is 10.2 Å². The van der Waals surface area contributed by atoms with Gasteiger partial charge in [0.2, 0.25) is 0 Å². The minimum atomic E-state index is -0.101. The number of halogens is 2. The normalized spacial score (nSPS) is 27.0. The third-order valence-electron chi connectivity index (χ3n) is 4.09. The summed E-state index contributed by atoms with van der Waals surface area (Å²) in [5.74, 6) is 1.56. The molecule has 0 aliphatic carbocycles. The second-order valence-corrected chi connectivity index (χ2v) is 5.46. The third-order valence-corrected chi connectivity index (χ3v) is 4.09. The van der Waals surface area contributed by atoms with Gasteiger partial charge in [-0.3, -0.25) is 4.90 Å². The van der Waals surface area contributed by atoms with Gasteiger partial charge in [0.15, 0.2) is 0 Å². The van der Waals surface area contributed by atoms with E-state index in [1.165, 1.54) is 31.7 Å². The monoisotopic (exact) mass is 270 g/mol. The molecule has 1 N–H and O–H groups in total. The van der Waals surface area contributed by atoms with Gasteiger partial charge in [0.25, 0.3) is 0 Å². The lowest BCUT2D eigenvalue weighted by molar-refractivity contribution is 0.305. The average molecular weight is 271 g/mol. The number of likely N-dealkylation sites (tertiary alicyclic amines) is 1. The Labute approximate surface area is 114 Å². The van der Waals surface area contributed by atoms with Crippen molar-refractivity contribution < 1.29 is 4.39 Å². The molecule has 4 heteroatoms. The SMILES string of the molecule is Cc1cc(CN2C[C@H]3CNC[C@H]3C2)ccc1F.Cl. The number of hydrogen-bond donors (Lipinski definition) is 1. The molecule has 2 nitrogen and oxygen atoms in total. The van der Waals surface area contributed by atoms with Gasteiger partial charge in [0.05, 0.1) is 0 Å². The van der Waals surface area contributed by atoms with Crippen molar-refractivity contribution in [3.8, 4) is 0 Å². The van der Waals surface area contributed by atoms with Crippen molar-refractivity contribution in [2.45, 2.75) is 13.5 Å². The molecule has 2 fully saturated rings. The van der Waals surface area contributed by atoms with Crippen LogP contribution in [0.1, 0.15) is 11.1 Å². The summed E-state index contributed by atoms with van der Waals surface area (Å²) in [6.07, 6.45) is 0. The predicted molar refractivity (Wildman–Crippen MR) is 73.5 cm³/mol.